The van der Waals surface area contributed by atoms with E-state index in [2.05, 4.69) is 13.8 Å². The van der Waals surface area contributed by atoms with E-state index in [1.807, 2.05) is 13.8 Å². The van der Waals surface area contributed by atoms with Gasteiger partial charge in [0.05, 0.1) is 6.04 Å². The number of nitrogens with zero attached hydrogens (tertiary/aromatic N) is 1. The second kappa shape index (κ2) is 7.63. The topological polar surface area (TPSA) is 66.6 Å². The first-order valence-electron chi connectivity index (χ1n) is 6.07. The normalized spacial score (nSPS) is 13.2. The molecule has 0 aliphatic heterocycles. The fourth-order valence-corrected chi connectivity index (χ4v) is 1.69. The van der Waals surface area contributed by atoms with Crippen LogP contribution in [0.5, 0.6) is 0 Å². The van der Waals surface area contributed by atoms with E-state index in [9.17, 15) is 4.79 Å². The van der Waals surface area contributed by atoms with Crippen LogP contribution in [0, 0.1) is 5.92 Å². The van der Waals surface area contributed by atoms with Crippen molar-refractivity contribution in [3.8, 4) is 0 Å². The lowest BCUT2D eigenvalue weighted by Crippen LogP contribution is -2.48. The van der Waals surface area contributed by atoms with Crippen molar-refractivity contribution in [3.05, 3.63) is 0 Å². The van der Waals surface area contributed by atoms with Crippen molar-refractivity contribution in [2.24, 2.45) is 11.7 Å². The number of carbonyl (C=O) groups is 1. The molecule has 0 rings (SSSR count). The average molecular weight is 230 g/mol. The van der Waals surface area contributed by atoms with E-state index in [0.717, 1.165) is 0 Å². The van der Waals surface area contributed by atoms with Crippen LogP contribution in [0.2, 0.25) is 0 Å². The Morgan fingerprint density at radius 1 is 1.31 bits per heavy atom. The molecule has 0 bridgehead atoms. The zero-order valence-electron chi connectivity index (χ0n) is 10.9. The van der Waals surface area contributed by atoms with Gasteiger partial charge < -0.3 is 15.7 Å². The van der Waals surface area contributed by atoms with Crippen LogP contribution in [0.4, 0.5) is 0 Å². The third-order valence-electron chi connectivity index (χ3n) is 2.51. The standard InChI is InChI=1S/C12H26N2O2/c1-9(2)8-11(13)12(16)14(10(3)4)6-5-7-15/h9-11,15H,5-8,13H2,1-4H3. The summed E-state index contributed by atoms with van der Waals surface area (Å²) in [5.41, 5.74) is 5.87. The summed E-state index contributed by atoms with van der Waals surface area (Å²) in [6.45, 7) is 8.74. The van der Waals surface area contributed by atoms with E-state index in [0.29, 0.717) is 25.3 Å². The Hall–Kier alpha value is -0.610. The molecule has 1 atom stereocenters. The van der Waals surface area contributed by atoms with Gasteiger partial charge in [-0.15, -0.1) is 0 Å². The van der Waals surface area contributed by atoms with Gasteiger partial charge in [0, 0.05) is 19.2 Å². The molecule has 0 aliphatic rings. The smallest absolute Gasteiger partial charge is 0.239 e. The van der Waals surface area contributed by atoms with Crippen LogP contribution in [-0.2, 0) is 4.79 Å². The number of hydrogen-bond acceptors (Lipinski definition) is 3. The molecule has 0 saturated carbocycles. The molecular formula is C12H26N2O2. The van der Waals surface area contributed by atoms with Gasteiger partial charge in [0.25, 0.3) is 0 Å². The predicted molar refractivity (Wildman–Crippen MR) is 66.0 cm³/mol. The summed E-state index contributed by atoms with van der Waals surface area (Å²) in [5.74, 6) is 0.419. The molecule has 0 fully saturated rings. The van der Waals surface area contributed by atoms with Gasteiger partial charge in [-0.2, -0.15) is 0 Å². The maximum absolute atomic E-state index is 12.0. The van der Waals surface area contributed by atoms with Crippen LogP contribution in [0.3, 0.4) is 0 Å². The molecule has 0 aliphatic carbocycles. The third kappa shape index (κ3) is 5.47. The first-order chi connectivity index (χ1) is 7.40. The number of rotatable bonds is 7. The molecule has 0 saturated heterocycles. The maximum Gasteiger partial charge on any atom is 0.239 e. The van der Waals surface area contributed by atoms with Gasteiger partial charge in [0.2, 0.25) is 5.91 Å². The monoisotopic (exact) mass is 230 g/mol. The average Bonchev–Trinajstić information content (AvgIpc) is 2.16. The van der Waals surface area contributed by atoms with Crippen molar-refractivity contribution in [1.82, 2.24) is 4.90 Å². The van der Waals surface area contributed by atoms with E-state index in [4.69, 9.17) is 10.8 Å². The Morgan fingerprint density at radius 2 is 1.88 bits per heavy atom. The molecule has 0 radical (unpaired) electrons. The van der Waals surface area contributed by atoms with Gasteiger partial charge in [-0.1, -0.05) is 13.8 Å². The van der Waals surface area contributed by atoms with Crippen LogP contribution in [0.1, 0.15) is 40.5 Å². The molecule has 0 aromatic heterocycles. The highest BCUT2D eigenvalue weighted by Crippen LogP contribution is 2.09. The second-order valence-corrected chi connectivity index (χ2v) is 4.94. The summed E-state index contributed by atoms with van der Waals surface area (Å²) in [4.78, 5) is 13.8. The van der Waals surface area contributed by atoms with Crippen LogP contribution < -0.4 is 5.73 Å². The summed E-state index contributed by atoms with van der Waals surface area (Å²) < 4.78 is 0. The highest BCUT2D eigenvalue weighted by molar-refractivity contribution is 5.81. The fraction of sp³-hybridized carbons (Fsp3) is 0.917. The number of carbonyl (C=O) groups excluding carboxylic acids is 1. The van der Waals surface area contributed by atoms with E-state index >= 15 is 0 Å². The minimum atomic E-state index is -0.416. The number of amides is 1. The van der Waals surface area contributed by atoms with Gasteiger partial charge in [-0.05, 0) is 32.6 Å². The first-order valence-corrected chi connectivity index (χ1v) is 6.07. The van der Waals surface area contributed by atoms with Crippen molar-refractivity contribution in [3.63, 3.8) is 0 Å². The van der Waals surface area contributed by atoms with Gasteiger partial charge >= 0.3 is 0 Å². The highest BCUT2D eigenvalue weighted by atomic mass is 16.3. The highest BCUT2D eigenvalue weighted by Gasteiger charge is 2.23. The SMILES string of the molecule is CC(C)CC(N)C(=O)N(CCCO)C(C)C. The first kappa shape index (κ1) is 15.4. The molecule has 0 aromatic rings. The molecule has 96 valence electrons. The molecule has 1 amide bonds. The van der Waals surface area contributed by atoms with Crippen molar-refractivity contribution in [1.29, 1.82) is 0 Å². The van der Waals surface area contributed by atoms with Crippen molar-refractivity contribution >= 4 is 5.91 Å². The molecule has 0 aromatic carbocycles. The van der Waals surface area contributed by atoms with Gasteiger partial charge in [-0.25, -0.2) is 0 Å². The quantitative estimate of drug-likeness (QED) is 0.685. The Morgan fingerprint density at radius 3 is 2.25 bits per heavy atom. The predicted octanol–water partition coefficient (Wildman–Crippen LogP) is 0.979. The molecule has 4 heteroatoms. The molecule has 0 spiro atoms. The Labute approximate surface area is 98.8 Å². The Bertz CT molecular complexity index is 205. The number of nitrogens with two attached hydrogens (primary N) is 1. The van der Waals surface area contributed by atoms with Crippen LogP contribution >= 0.6 is 0 Å². The van der Waals surface area contributed by atoms with Gasteiger partial charge in [0.15, 0.2) is 0 Å². The van der Waals surface area contributed by atoms with Gasteiger partial charge in [-0.3, -0.25) is 4.79 Å². The molecular weight excluding hydrogens is 204 g/mol. The molecule has 3 N–H and O–H groups in total. The Balaban J connectivity index is 4.36. The van der Waals surface area contributed by atoms with Crippen LogP contribution in [0.15, 0.2) is 0 Å². The Kier molecular flexibility index (Phi) is 7.34. The molecule has 16 heavy (non-hydrogen) atoms. The summed E-state index contributed by atoms with van der Waals surface area (Å²) in [6.07, 6.45) is 1.32. The minimum Gasteiger partial charge on any atom is -0.396 e. The van der Waals surface area contributed by atoms with Crippen LogP contribution in [0.25, 0.3) is 0 Å². The lowest BCUT2D eigenvalue weighted by molar-refractivity contribution is -0.134. The lowest BCUT2D eigenvalue weighted by Gasteiger charge is -2.29. The minimum absolute atomic E-state index is 0.00264. The van der Waals surface area contributed by atoms with Crippen molar-refractivity contribution in [2.75, 3.05) is 13.2 Å². The zero-order valence-corrected chi connectivity index (χ0v) is 10.9. The summed E-state index contributed by atoms with van der Waals surface area (Å²) in [6, 6.07) is -0.279. The summed E-state index contributed by atoms with van der Waals surface area (Å²) in [7, 11) is 0. The zero-order chi connectivity index (χ0) is 12.7. The van der Waals surface area contributed by atoms with Gasteiger partial charge in [0.1, 0.15) is 0 Å². The number of aliphatic hydroxyl groups is 1. The van der Waals surface area contributed by atoms with Crippen molar-refractivity contribution in [2.45, 2.75) is 52.6 Å². The van der Waals surface area contributed by atoms with Crippen molar-refractivity contribution < 1.29 is 9.90 Å². The molecule has 1 unspecified atom stereocenters. The van der Waals surface area contributed by atoms with E-state index < -0.39 is 6.04 Å². The third-order valence-corrected chi connectivity index (χ3v) is 2.51. The second-order valence-electron chi connectivity index (χ2n) is 4.94. The largest absolute Gasteiger partial charge is 0.396 e. The number of aliphatic hydroxyl groups excluding tert-OH is 1. The number of hydrogen-bond donors (Lipinski definition) is 2. The van der Waals surface area contributed by atoms with Crippen LogP contribution in [-0.4, -0.2) is 41.1 Å². The molecule has 4 nitrogen and oxygen atoms in total. The molecule has 0 heterocycles. The lowest BCUT2D eigenvalue weighted by atomic mass is 10.0. The van der Waals surface area contributed by atoms with E-state index in [-0.39, 0.29) is 18.6 Å². The summed E-state index contributed by atoms with van der Waals surface area (Å²) in [5, 5.41) is 8.79. The fourth-order valence-electron chi connectivity index (χ4n) is 1.69. The maximum atomic E-state index is 12.0. The summed E-state index contributed by atoms with van der Waals surface area (Å²) >= 11 is 0. The van der Waals surface area contributed by atoms with E-state index in [1.165, 1.54) is 0 Å². The van der Waals surface area contributed by atoms with E-state index in [1.54, 1.807) is 4.90 Å².